The first-order valence-corrected chi connectivity index (χ1v) is 8.02. The number of benzene rings is 1. The van der Waals surface area contributed by atoms with Crippen LogP contribution < -0.4 is 4.74 Å². The lowest BCUT2D eigenvalue weighted by atomic mass is 10.2. The SMILES string of the molecule is C[C@@H]1CN(C(=O)CCOc2nn(C)c3ccccc23)C[C@@H](C)O1. The minimum Gasteiger partial charge on any atom is -0.476 e. The molecule has 0 spiro atoms. The van der Waals surface area contributed by atoms with Gasteiger partial charge in [-0.2, -0.15) is 0 Å². The molecule has 1 saturated heterocycles. The first kappa shape index (κ1) is 15.8. The van der Waals surface area contributed by atoms with Gasteiger partial charge in [-0.05, 0) is 26.0 Å². The van der Waals surface area contributed by atoms with E-state index in [4.69, 9.17) is 9.47 Å². The molecule has 1 aromatic heterocycles. The van der Waals surface area contributed by atoms with Crippen molar-refractivity contribution in [2.75, 3.05) is 19.7 Å². The number of carbonyl (C=O) groups is 1. The summed E-state index contributed by atoms with van der Waals surface area (Å²) >= 11 is 0. The molecule has 124 valence electrons. The average molecular weight is 317 g/mol. The van der Waals surface area contributed by atoms with Crippen LogP contribution in [-0.2, 0) is 16.6 Å². The van der Waals surface area contributed by atoms with Gasteiger partial charge in [0.05, 0.1) is 36.1 Å². The van der Waals surface area contributed by atoms with E-state index < -0.39 is 0 Å². The second kappa shape index (κ2) is 6.58. The number of carbonyl (C=O) groups excluding carboxylic acids is 1. The van der Waals surface area contributed by atoms with Gasteiger partial charge in [0.25, 0.3) is 0 Å². The molecule has 1 fully saturated rings. The summed E-state index contributed by atoms with van der Waals surface area (Å²) in [5, 5.41) is 5.34. The monoisotopic (exact) mass is 317 g/mol. The van der Waals surface area contributed by atoms with Crippen molar-refractivity contribution in [1.82, 2.24) is 14.7 Å². The number of rotatable bonds is 4. The van der Waals surface area contributed by atoms with E-state index in [1.807, 2.05) is 50.1 Å². The summed E-state index contributed by atoms with van der Waals surface area (Å²) in [5.41, 5.74) is 1.02. The van der Waals surface area contributed by atoms with Gasteiger partial charge in [0.15, 0.2) is 0 Å². The summed E-state index contributed by atoms with van der Waals surface area (Å²) in [5.74, 6) is 0.687. The molecule has 0 radical (unpaired) electrons. The zero-order valence-electron chi connectivity index (χ0n) is 13.9. The molecule has 2 atom stereocenters. The Bertz CT molecular complexity index is 687. The normalized spacial score (nSPS) is 21.6. The third kappa shape index (κ3) is 3.47. The number of hydrogen-bond acceptors (Lipinski definition) is 4. The fourth-order valence-electron chi connectivity index (χ4n) is 3.06. The Morgan fingerprint density at radius 3 is 2.74 bits per heavy atom. The van der Waals surface area contributed by atoms with Crippen LogP contribution in [0.1, 0.15) is 20.3 Å². The Morgan fingerprint density at radius 1 is 1.30 bits per heavy atom. The summed E-state index contributed by atoms with van der Waals surface area (Å²) in [7, 11) is 1.89. The van der Waals surface area contributed by atoms with E-state index in [-0.39, 0.29) is 18.1 Å². The third-order valence-electron chi connectivity index (χ3n) is 4.05. The van der Waals surface area contributed by atoms with Gasteiger partial charge in [-0.15, -0.1) is 5.10 Å². The lowest BCUT2D eigenvalue weighted by molar-refractivity contribution is -0.143. The topological polar surface area (TPSA) is 56.6 Å². The average Bonchev–Trinajstić information content (AvgIpc) is 2.83. The van der Waals surface area contributed by atoms with Crippen LogP contribution in [0.5, 0.6) is 5.88 Å². The van der Waals surface area contributed by atoms with Crippen LogP contribution in [-0.4, -0.2) is 52.5 Å². The lowest BCUT2D eigenvalue weighted by Crippen LogP contribution is -2.48. The molecule has 1 aliphatic heterocycles. The highest BCUT2D eigenvalue weighted by Gasteiger charge is 2.25. The zero-order valence-corrected chi connectivity index (χ0v) is 13.9. The van der Waals surface area contributed by atoms with Crippen molar-refractivity contribution in [3.63, 3.8) is 0 Å². The summed E-state index contributed by atoms with van der Waals surface area (Å²) in [6, 6.07) is 7.90. The molecule has 1 amide bonds. The Hall–Kier alpha value is -2.08. The predicted octanol–water partition coefficient (Wildman–Crippen LogP) is 1.98. The number of aromatic nitrogens is 2. The van der Waals surface area contributed by atoms with Crippen molar-refractivity contribution in [3.05, 3.63) is 24.3 Å². The van der Waals surface area contributed by atoms with Crippen molar-refractivity contribution < 1.29 is 14.3 Å². The van der Waals surface area contributed by atoms with Crippen molar-refractivity contribution in [2.45, 2.75) is 32.5 Å². The molecule has 6 nitrogen and oxygen atoms in total. The smallest absolute Gasteiger partial charge is 0.240 e. The van der Waals surface area contributed by atoms with E-state index >= 15 is 0 Å². The number of morpholine rings is 1. The Balaban J connectivity index is 1.57. The van der Waals surface area contributed by atoms with Gasteiger partial charge in [-0.1, -0.05) is 12.1 Å². The van der Waals surface area contributed by atoms with Gasteiger partial charge in [0.1, 0.15) is 0 Å². The highest BCUT2D eigenvalue weighted by atomic mass is 16.5. The quantitative estimate of drug-likeness (QED) is 0.865. The van der Waals surface area contributed by atoms with Crippen LogP contribution in [0.3, 0.4) is 0 Å². The summed E-state index contributed by atoms with van der Waals surface area (Å²) in [6.07, 6.45) is 0.524. The van der Waals surface area contributed by atoms with E-state index in [9.17, 15) is 4.79 Å². The first-order valence-electron chi connectivity index (χ1n) is 8.02. The van der Waals surface area contributed by atoms with Gasteiger partial charge >= 0.3 is 0 Å². The number of amides is 1. The van der Waals surface area contributed by atoms with Gasteiger partial charge in [-0.25, -0.2) is 0 Å². The van der Waals surface area contributed by atoms with E-state index in [0.29, 0.717) is 32.0 Å². The fourth-order valence-corrected chi connectivity index (χ4v) is 3.06. The molecule has 0 N–H and O–H groups in total. The molecule has 1 aliphatic rings. The van der Waals surface area contributed by atoms with Crippen molar-refractivity contribution in [1.29, 1.82) is 0 Å². The van der Waals surface area contributed by atoms with Crippen LogP contribution in [0.25, 0.3) is 10.9 Å². The minimum absolute atomic E-state index is 0.0864. The molecular formula is C17H23N3O3. The number of para-hydroxylation sites is 1. The number of nitrogens with zero attached hydrogens (tertiary/aromatic N) is 3. The molecule has 6 heteroatoms. The molecular weight excluding hydrogens is 294 g/mol. The van der Waals surface area contributed by atoms with E-state index in [1.165, 1.54) is 0 Å². The predicted molar refractivity (Wildman–Crippen MR) is 87.4 cm³/mol. The lowest BCUT2D eigenvalue weighted by Gasteiger charge is -2.35. The van der Waals surface area contributed by atoms with Crippen molar-refractivity contribution in [2.24, 2.45) is 7.05 Å². The number of aryl methyl sites for hydroxylation is 1. The molecule has 0 aliphatic carbocycles. The molecule has 0 bridgehead atoms. The minimum atomic E-state index is 0.0864. The highest BCUT2D eigenvalue weighted by molar-refractivity contribution is 5.84. The van der Waals surface area contributed by atoms with Gasteiger partial charge < -0.3 is 14.4 Å². The van der Waals surface area contributed by atoms with Crippen LogP contribution in [0.4, 0.5) is 0 Å². The van der Waals surface area contributed by atoms with Crippen LogP contribution >= 0.6 is 0 Å². The maximum Gasteiger partial charge on any atom is 0.240 e. The third-order valence-corrected chi connectivity index (χ3v) is 4.05. The van der Waals surface area contributed by atoms with Crippen LogP contribution in [0.15, 0.2) is 24.3 Å². The van der Waals surface area contributed by atoms with E-state index in [0.717, 1.165) is 10.9 Å². The number of fused-ring (bicyclic) bond motifs is 1. The molecule has 2 aromatic rings. The molecule has 23 heavy (non-hydrogen) atoms. The molecule has 3 rings (SSSR count). The summed E-state index contributed by atoms with van der Waals surface area (Å²) < 4.78 is 13.2. The highest BCUT2D eigenvalue weighted by Crippen LogP contribution is 2.24. The summed E-state index contributed by atoms with van der Waals surface area (Å²) in [6.45, 7) is 5.62. The van der Waals surface area contributed by atoms with Gasteiger partial charge in [0.2, 0.25) is 11.8 Å². The first-order chi connectivity index (χ1) is 11.0. The molecule has 0 unspecified atom stereocenters. The standard InChI is InChI=1S/C17H23N3O3/c1-12-10-20(11-13(2)23-12)16(21)8-9-22-17-14-6-4-5-7-15(14)19(3)18-17/h4-7,12-13H,8-11H2,1-3H3/t12-,13-/m1/s1. The second-order valence-electron chi connectivity index (χ2n) is 6.10. The number of hydrogen-bond donors (Lipinski definition) is 0. The molecule has 1 aromatic carbocycles. The van der Waals surface area contributed by atoms with Gasteiger partial charge in [0, 0.05) is 20.1 Å². The van der Waals surface area contributed by atoms with Crippen molar-refractivity contribution >= 4 is 16.8 Å². The largest absolute Gasteiger partial charge is 0.476 e. The van der Waals surface area contributed by atoms with Gasteiger partial charge in [-0.3, -0.25) is 9.48 Å². The Kier molecular flexibility index (Phi) is 4.52. The fraction of sp³-hybridized carbons (Fsp3) is 0.529. The van der Waals surface area contributed by atoms with Crippen LogP contribution in [0, 0.1) is 0 Å². The Morgan fingerprint density at radius 2 is 2.00 bits per heavy atom. The maximum absolute atomic E-state index is 12.3. The second-order valence-corrected chi connectivity index (χ2v) is 6.10. The zero-order chi connectivity index (χ0) is 16.4. The van der Waals surface area contributed by atoms with E-state index in [2.05, 4.69) is 5.10 Å². The van der Waals surface area contributed by atoms with Crippen molar-refractivity contribution in [3.8, 4) is 5.88 Å². The van der Waals surface area contributed by atoms with E-state index in [1.54, 1.807) is 4.68 Å². The molecule has 0 saturated carbocycles. The molecule has 2 heterocycles. The summed E-state index contributed by atoms with van der Waals surface area (Å²) in [4.78, 5) is 14.2. The maximum atomic E-state index is 12.3. The number of ether oxygens (including phenoxy) is 2. The Labute approximate surface area is 136 Å². The van der Waals surface area contributed by atoms with Crippen LogP contribution in [0.2, 0.25) is 0 Å².